The van der Waals surface area contributed by atoms with Crippen molar-refractivity contribution in [3.8, 4) is 0 Å². The molecule has 0 heterocycles. The number of rotatable bonds is 8. The molecule has 2 atom stereocenters. The van der Waals surface area contributed by atoms with E-state index in [1.807, 2.05) is 0 Å². The number of hydrogen-bond acceptors (Lipinski definition) is 4. The number of unbranched alkanes of at least 4 members (excludes halogenated alkanes) is 1. The molecule has 0 spiro atoms. The number of carboxylic acid groups (broad SMARTS) is 1. The van der Waals surface area contributed by atoms with E-state index in [-0.39, 0.29) is 0 Å². The molecular formula is C10H19N3O2. The predicted octanol–water partition coefficient (Wildman–Crippen LogP) is 0.198. The fourth-order valence-electron chi connectivity index (χ4n) is 1.42. The first kappa shape index (κ1) is 12.1. The Bertz CT molecular complexity index is 243. The summed E-state index contributed by atoms with van der Waals surface area (Å²) >= 11 is 0. The molecule has 1 unspecified atom stereocenters. The molecule has 1 aliphatic carbocycles. The van der Waals surface area contributed by atoms with Crippen LogP contribution in [0.15, 0.2) is 0 Å². The average Bonchev–Trinajstić information content (AvgIpc) is 2.87. The van der Waals surface area contributed by atoms with Crippen molar-refractivity contribution >= 4 is 11.7 Å². The second-order valence-electron chi connectivity index (χ2n) is 4.07. The molecule has 1 rings (SSSR count). The first-order valence-electron chi connectivity index (χ1n) is 5.37. The lowest BCUT2D eigenvalue weighted by molar-refractivity contribution is -0.138. The topological polar surface area (TPSA) is 99.2 Å². The first-order valence-corrected chi connectivity index (χ1v) is 5.37. The number of hydrogen-bond donors (Lipinski definition) is 4. The minimum Gasteiger partial charge on any atom is -0.480 e. The van der Waals surface area contributed by atoms with Crippen LogP contribution in [0.25, 0.3) is 0 Å². The highest BCUT2D eigenvalue weighted by atomic mass is 16.4. The maximum Gasteiger partial charge on any atom is 0.320 e. The summed E-state index contributed by atoms with van der Waals surface area (Å²) in [5.41, 5.74) is 6.20. The average molecular weight is 213 g/mol. The maximum absolute atomic E-state index is 10.4. The molecular weight excluding hydrogens is 194 g/mol. The molecule has 86 valence electrons. The van der Waals surface area contributed by atoms with E-state index in [4.69, 9.17) is 16.2 Å². The fourth-order valence-corrected chi connectivity index (χ4v) is 1.42. The minimum absolute atomic E-state index is 0.464. The lowest BCUT2D eigenvalue weighted by Gasteiger charge is -2.06. The van der Waals surface area contributed by atoms with Gasteiger partial charge in [0.25, 0.3) is 0 Å². The van der Waals surface area contributed by atoms with Crippen LogP contribution in [0.2, 0.25) is 0 Å². The molecule has 0 saturated heterocycles. The summed E-state index contributed by atoms with van der Waals surface area (Å²) in [6.07, 6.45) is 3.26. The summed E-state index contributed by atoms with van der Waals surface area (Å²) < 4.78 is 0. The van der Waals surface area contributed by atoms with E-state index in [0.717, 1.165) is 38.1 Å². The van der Waals surface area contributed by atoms with Crippen LogP contribution in [0.4, 0.5) is 0 Å². The quantitative estimate of drug-likeness (QED) is 0.433. The van der Waals surface area contributed by atoms with Gasteiger partial charge in [-0.2, -0.15) is 0 Å². The van der Waals surface area contributed by atoms with Gasteiger partial charge >= 0.3 is 5.97 Å². The van der Waals surface area contributed by atoms with Crippen LogP contribution in [0.1, 0.15) is 25.7 Å². The Morgan fingerprint density at radius 3 is 2.87 bits per heavy atom. The Labute approximate surface area is 89.5 Å². The third-order valence-corrected chi connectivity index (χ3v) is 2.63. The monoisotopic (exact) mass is 213 g/mol. The zero-order chi connectivity index (χ0) is 11.3. The molecule has 0 aromatic carbocycles. The molecule has 5 nitrogen and oxygen atoms in total. The first-order chi connectivity index (χ1) is 7.11. The van der Waals surface area contributed by atoms with Gasteiger partial charge in [-0.3, -0.25) is 4.79 Å². The summed E-state index contributed by atoms with van der Waals surface area (Å²) in [5, 5.41) is 19.0. The Kier molecular flexibility index (Phi) is 4.71. The summed E-state index contributed by atoms with van der Waals surface area (Å²) in [5.74, 6) is -0.458. The fraction of sp³-hybridized carbons (Fsp3) is 0.800. The van der Waals surface area contributed by atoms with Crippen LogP contribution >= 0.6 is 0 Å². The highest BCUT2D eigenvalue weighted by Gasteiger charge is 2.28. The van der Waals surface area contributed by atoms with Crippen LogP contribution in [0, 0.1) is 11.3 Å². The van der Waals surface area contributed by atoms with Crippen molar-refractivity contribution in [2.24, 2.45) is 11.7 Å². The van der Waals surface area contributed by atoms with E-state index in [2.05, 4.69) is 5.32 Å². The van der Waals surface area contributed by atoms with E-state index in [9.17, 15) is 4.79 Å². The van der Waals surface area contributed by atoms with Gasteiger partial charge in [0.05, 0.1) is 0 Å². The van der Waals surface area contributed by atoms with Crippen LogP contribution in [-0.2, 0) is 4.79 Å². The van der Waals surface area contributed by atoms with Gasteiger partial charge in [0.1, 0.15) is 6.04 Å². The number of nitrogens with two attached hydrogens (primary N) is 1. The van der Waals surface area contributed by atoms with Crippen LogP contribution < -0.4 is 11.1 Å². The van der Waals surface area contributed by atoms with E-state index >= 15 is 0 Å². The van der Waals surface area contributed by atoms with Crippen LogP contribution in [0.3, 0.4) is 0 Å². The molecule has 1 fully saturated rings. The molecule has 5 N–H and O–H groups in total. The van der Waals surface area contributed by atoms with Crippen molar-refractivity contribution in [1.82, 2.24) is 5.32 Å². The smallest absolute Gasteiger partial charge is 0.320 e. The summed E-state index contributed by atoms with van der Waals surface area (Å²) in [7, 11) is 0. The maximum atomic E-state index is 10.4. The SMILES string of the molecule is N=C1CC1CNCCCC[C@H](N)C(=O)O. The van der Waals surface area contributed by atoms with Gasteiger partial charge in [0.2, 0.25) is 0 Å². The molecule has 0 aromatic rings. The van der Waals surface area contributed by atoms with Gasteiger partial charge in [0, 0.05) is 18.2 Å². The van der Waals surface area contributed by atoms with E-state index < -0.39 is 12.0 Å². The van der Waals surface area contributed by atoms with Gasteiger partial charge < -0.3 is 21.6 Å². The molecule has 0 bridgehead atoms. The molecule has 1 saturated carbocycles. The van der Waals surface area contributed by atoms with Gasteiger partial charge in [0.15, 0.2) is 0 Å². The number of nitrogens with one attached hydrogen (secondary N) is 2. The summed E-state index contributed by atoms with van der Waals surface area (Å²) in [4.78, 5) is 10.4. The molecule has 5 heteroatoms. The van der Waals surface area contributed by atoms with Crippen molar-refractivity contribution in [2.45, 2.75) is 31.7 Å². The predicted molar refractivity (Wildman–Crippen MR) is 58.2 cm³/mol. The van der Waals surface area contributed by atoms with Gasteiger partial charge in [-0.15, -0.1) is 0 Å². The minimum atomic E-state index is -0.922. The summed E-state index contributed by atoms with van der Waals surface area (Å²) in [6, 6.07) is -0.721. The van der Waals surface area contributed by atoms with Crippen molar-refractivity contribution in [1.29, 1.82) is 5.41 Å². The molecule has 0 aromatic heterocycles. The third kappa shape index (κ3) is 4.90. The van der Waals surface area contributed by atoms with E-state index in [0.29, 0.717) is 12.3 Å². The zero-order valence-corrected chi connectivity index (χ0v) is 8.83. The highest BCUT2D eigenvalue weighted by Crippen LogP contribution is 2.22. The Morgan fingerprint density at radius 2 is 2.33 bits per heavy atom. The number of aliphatic carboxylic acids is 1. The molecule has 1 aliphatic rings. The zero-order valence-electron chi connectivity index (χ0n) is 8.83. The summed E-state index contributed by atoms with van der Waals surface area (Å²) in [6.45, 7) is 1.78. The Hall–Kier alpha value is -0.940. The molecule has 0 radical (unpaired) electrons. The van der Waals surface area contributed by atoms with Gasteiger partial charge in [-0.1, -0.05) is 6.42 Å². The van der Waals surface area contributed by atoms with E-state index in [1.165, 1.54) is 0 Å². The highest BCUT2D eigenvalue weighted by molar-refractivity contribution is 5.98. The third-order valence-electron chi connectivity index (χ3n) is 2.63. The molecule has 0 aliphatic heterocycles. The molecule has 15 heavy (non-hydrogen) atoms. The van der Waals surface area contributed by atoms with E-state index in [1.54, 1.807) is 0 Å². The number of carboxylic acids is 1. The van der Waals surface area contributed by atoms with Gasteiger partial charge in [-0.25, -0.2) is 0 Å². The van der Waals surface area contributed by atoms with Crippen molar-refractivity contribution in [2.75, 3.05) is 13.1 Å². The van der Waals surface area contributed by atoms with Crippen molar-refractivity contribution in [3.05, 3.63) is 0 Å². The van der Waals surface area contributed by atoms with Crippen LogP contribution in [-0.4, -0.2) is 35.9 Å². The van der Waals surface area contributed by atoms with Gasteiger partial charge in [-0.05, 0) is 25.8 Å². The lowest BCUT2D eigenvalue weighted by Crippen LogP contribution is -2.30. The largest absolute Gasteiger partial charge is 0.480 e. The normalized spacial score (nSPS) is 21.4. The Balaban J connectivity index is 1.84. The standard InChI is InChI=1S/C10H19N3O2/c11-8(10(14)15)3-1-2-4-13-6-7-5-9(7)12/h7-8,12-13H,1-6,11H2,(H,14,15)/t7?,8-/m0/s1. The van der Waals surface area contributed by atoms with Crippen LogP contribution in [0.5, 0.6) is 0 Å². The van der Waals surface area contributed by atoms with Crippen molar-refractivity contribution in [3.63, 3.8) is 0 Å². The van der Waals surface area contributed by atoms with Crippen molar-refractivity contribution < 1.29 is 9.90 Å². The second kappa shape index (κ2) is 5.82. The second-order valence-corrected chi connectivity index (χ2v) is 4.07. The number of carbonyl (C=O) groups is 1. The lowest BCUT2D eigenvalue weighted by atomic mass is 10.1. The Morgan fingerprint density at radius 1 is 1.67 bits per heavy atom. The molecule has 0 amide bonds.